The van der Waals surface area contributed by atoms with E-state index in [4.69, 9.17) is 4.74 Å². The lowest BCUT2D eigenvalue weighted by molar-refractivity contribution is -0.142. The van der Waals surface area contributed by atoms with E-state index in [0.29, 0.717) is 5.75 Å². The fourth-order valence-corrected chi connectivity index (χ4v) is 4.80. The number of hydrogen-bond acceptors (Lipinski definition) is 4. The topological polar surface area (TPSA) is 63.7 Å². The molecule has 5 rings (SSSR count). The van der Waals surface area contributed by atoms with Crippen LogP contribution in [0.2, 0.25) is 0 Å². The maximum Gasteiger partial charge on any atom is 0.312 e. The Balaban J connectivity index is 1.23. The summed E-state index contributed by atoms with van der Waals surface area (Å²) in [5, 5.41) is 2.06. The molecule has 5 nitrogen and oxygen atoms in total. The molecular formula is C22H19NO4. The van der Waals surface area contributed by atoms with E-state index in [1.54, 1.807) is 6.07 Å². The second kappa shape index (κ2) is 6.05. The molecule has 1 saturated heterocycles. The highest BCUT2D eigenvalue weighted by atomic mass is 16.5. The minimum Gasteiger partial charge on any atom is -0.426 e. The van der Waals surface area contributed by atoms with E-state index in [0.717, 1.165) is 17.2 Å². The van der Waals surface area contributed by atoms with E-state index in [9.17, 15) is 14.4 Å². The standard InChI is InChI=1S/C22H19NO4/c24-18(27-17-8-7-13-3-1-2-4-14(13)12-17)9-10-23-21(25)19-15-5-6-16(11-15)20(19)22(23)26/h1-8,12,15-16,19-20H,9-11H2/t15-,16+,19-,20-/m0/s1. The Kier molecular flexibility index (Phi) is 3.64. The number of hydrogen-bond donors (Lipinski definition) is 0. The van der Waals surface area contributed by atoms with Crippen molar-refractivity contribution in [2.24, 2.45) is 23.7 Å². The number of carbonyl (C=O) groups excluding carboxylic acids is 3. The van der Waals surface area contributed by atoms with Gasteiger partial charge in [0.15, 0.2) is 0 Å². The van der Waals surface area contributed by atoms with Gasteiger partial charge in [-0.1, -0.05) is 42.5 Å². The van der Waals surface area contributed by atoms with Gasteiger partial charge >= 0.3 is 5.97 Å². The molecule has 1 aliphatic heterocycles. The number of benzene rings is 2. The van der Waals surface area contributed by atoms with Crippen molar-refractivity contribution in [1.29, 1.82) is 0 Å². The van der Waals surface area contributed by atoms with Gasteiger partial charge in [0.1, 0.15) is 5.75 Å². The van der Waals surface area contributed by atoms with Crippen molar-refractivity contribution in [3.8, 4) is 5.75 Å². The minimum absolute atomic E-state index is 0.00646. The molecule has 0 unspecified atom stereocenters. The van der Waals surface area contributed by atoms with Crippen molar-refractivity contribution >= 4 is 28.6 Å². The van der Waals surface area contributed by atoms with Gasteiger partial charge in [0.2, 0.25) is 11.8 Å². The van der Waals surface area contributed by atoms with Crippen LogP contribution in [-0.4, -0.2) is 29.2 Å². The predicted molar refractivity (Wildman–Crippen MR) is 98.6 cm³/mol. The summed E-state index contributed by atoms with van der Waals surface area (Å²) in [4.78, 5) is 38.7. The molecule has 4 atom stereocenters. The van der Waals surface area contributed by atoms with E-state index in [1.807, 2.05) is 36.4 Å². The summed E-state index contributed by atoms with van der Waals surface area (Å²) < 4.78 is 5.40. The molecule has 2 amide bonds. The molecule has 2 aliphatic carbocycles. The molecule has 1 saturated carbocycles. The highest BCUT2D eigenvalue weighted by Gasteiger charge is 2.59. The molecule has 136 valence electrons. The van der Waals surface area contributed by atoms with E-state index in [-0.39, 0.29) is 48.5 Å². The van der Waals surface area contributed by atoms with Crippen LogP contribution < -0.4 is 4.74 Å². The highest BCUT2D eigenvalue weighted by Crippen LogP contribution is 2.52. The average Bonchev–Trinajstić information content (AvgIpc) is 3.35. The molecule has 1 heterocycles. The van der Waals surface area contributed by atoms with Crippen LogP contribution in [-0.2, 0) is 14.4 Å². The number of fused-ring (bicyclic) bond motifs is 6. The summed E-state index contributed by atoms with van der Waals surface area (Å²) in [5.74, 6) is -0.286. The number of rotatable bonds is 4. The van der Waals surface area contributed by atoms with Crippen LogP contribution in [0.4, 0.5) is 0 Å². The molecular weight excluding hydrogens is 342 g/mol. The molecule has 0 spiro atoms. The molecule has 0 N–H and O–H groups in total. The zero-order chi connectivity index (χ0) is 18.5. The van der Waals surface area contributed by atoms with Gasteiger partial charge in [-0.15, -0.1) is 0 Å². The van der Waals surface area contributed by atoms with Crippen molar-refractivity contribution in [2.45, 2.75) is 12.8 Å². The van der Waals surface area contributed by atoms with Crippen LogP contribution >= 0.6 is 0 Å². The summed E-state index contributed by atoms with van der Waals surface area (Å²) in [6.07, 6.45) is 5.04. The summed E-state index contributed by atoms with van der Waals surface area (Å²) >= 11 is 0. The number of imide groups is 1. The lowest BCUT2D eigenvalue weighted by Crippen LogP contribution is -2.35. The monoisotopic (exact) mass is 361 g/mol. The predicted octanol–water partition coefficient (Wildman–Crippen LogP) is 2.94. The van der Waals surface area contributed by atoms with Crippen LogP contribution in [0.15, 0.2) is 54.6 Å². The Morgan fingerprint density at radius 1 is 0.963 bits per heavy atom. The van der Waals surface area contributed by atoms with Gasteiger partial charge in [0.25, 0.3) is 0 Å². The SMILES string of the molecule is O=C(CCN1C(=O)[C@@H]2[C@@H](C1=O)[C@H]1C=C[C@@H]2C1)Oc1ccc2ccccc2c1. The third kappa shape index (κ3) is 2.57. The summed E-state index contributed by atoms with van der Waals surface area (Å²) in [7, 11) is 0. The van der Waals surface area contributed by atoms with Gasteiger partial charge in [-0.25, -0.2) is 0 Å². The van der Waals surface area contributed by atoms with Crippen molar-refractivity contribution in [3.05, 3.63) is 54.6 Å². The molecule has 3 aliphatic rings. The van der Waals surface area contributed by atoms with Crippen molar-refractivity contribution in [3.63, 3.8) is 0 Å². The molecule has 2 fully saturated rings. The molecule has 27 heavy (non-hydrogen) atoms. The zero-order valence-electron chi connectivity index (χ0n) is 14.7. The first-order valence-electron chi connectivity index (χ1n) is 9.35. The first kappa shape index (κ1) is 16.2. The normalized spacial score (nSPS) is 28.2. The van der Waals surface area contributed by atoms with Crippen molar-refractivity contribution in [1.82, 2.24) is 4.90 Å². The van der Waals surface area contributed by atoms with Crippen LogP contribution in [0.25, 0.3) is 10.8 Å². The van der Waals surface area contributed by atoms with Crippen LogP contribution in [0.5, 0.6) is 5.75 Å². The average molecular weight is 361 g/mol. The molecule has 5 heteroatoms. The van der Waals surface area contributed by atoms with Crippen molar-refractivity contribution < 1.29 is 19.1 Å². The fraction of sp³-hybridized carbons (Fsp3) is 0.318. The first-order chi connectivity index (χ1) is 13.1. The second-order valence-electron chi connectivity index (χ2n) is 7.56. The Bertz CT molecular complexity index is 965. The summed E-state index contributed by atoms with van der Waals surface area (Å²) in [6, 6.07) is 13.3. The summed E-state index contributed by atoms with van der Waals surface area (Å²) in [6.45, 7) is 0.0938. The largest absolute Gasteiger partial charge is 0.426 e. The zero-order valence-corrected chi connectivity index (χ0v) is 14.7. The van der Waals surface area contributed by atoms with E-state index < -0.39 is 5.97 Å². The minimum atomic E-state index is -0.441. The molecule has 0 aromatic heterocycles. The third-order valence-electron chi connectivity index (χ3n) is 6.05. The van der Waals surface area contributed by atoms with E-state index in [1.165, 1.54) is 4.90 Å². The Morgan fingerprint density at radius 3 is 2.33 bits per heavy atom. The first-order valence-corrected chi connectivity index (χ1v) is 9.35. The van der Waals surface area contributed by atoms with Gasteiger partial charge in [-0.05, 0) is 41.2 Å². The molecule has 2 bridgehead atoms. The number of amides is 2. The van der Waals surface area contributed by atoms with Gasteiger partial charge in [0.05, 0.1) is 18.3 Å². The number of esters is 1. The number of carbonyl (C=O) groups is 3. The summed E-state index contributed by atoms with van der Waals surface area (Å²) in [5.41, 5.74) is 0. The van der Waals surface area contributed by atoms with Gasteiger partial charge in [-0.3, -0.25) is 19.3 Å². The maximum atomic E-state index is 12.6. The van der Waals surface area contributed by atoms with Gasteiger partial charge < -0.3 is 4.74 Å². The van der Waals surface area contributed by atoms with Crippen LogP contribution in [0.3, 0.4) is 0 Å². The Hall–Kier alpha value is -2.95. The van der Waals surface area contributed by atoms with Crippen molar-refractivity contribution in [2.75, 3.05) is 6.54 Å². The van der Waals surface area contributed by atoms with Crippen LogP contribution in [0, 0.1) is 23.7 Å². The van der Waals surface area contributed by atoms with E-state index in [2.05, 4.69) is 12.2 Å². The van der Waals surface area contributed by atoms with E-state index >= 15 is 0 Å². The number of ether oxygens (including phenoxy) is 1. The Morgan fingerprint density at radius 2 is 1.63 bits per heavy atom. The molecule has 2 aromatic carbocycles. The number of allylic oxidation sites excluding steroid dienone is 2. The van der Waals surface area contributed by atoms with Gasteiger partial charge in [0, 0.05) is 6.54 Å². The number of likely N-dealkylation sites (tertiary alicyclic amines) is 1. The lowest BCUT2D eigenvalue weighted by atomic mass is 9.85. The second-order valence-corrected chi connectivity index (χ2v) is 7.56. The lowest BCUT2D eigenvalue weighted by Gasteiger charge is -2.16. The highest BCUT2D eigenvalue weighted by molar-refractivity contribution is 6.06. The van der Waals surface area contributed by atoms with Gasteiger partial charge in [-0.2, -0.15) is 0 Å². The quantitative estimate of drug-likeness (QED) is 0.364. The fourth-order valence-electron chi connectivity index (χ4n) is 4.80. The number of nitrogens with zero attached hydrogens (tertiary/aromatic N) is 1. The third-order valence-corrected chi connectivity index (χ3v) is 6.05. The maximum absolute atomic E-state index is 12.6. The molecule has 2 aromatic rings. The molecule has 0 radical (unpaired) electrons. The van der Waals surface area contributed by atoms with Crippen LogP contribution in [0.1, 0.15) is 12.8 Å². The smallest absolute Gasteiger partial charge is 0.312 e. The Labute approximate surface area is 156 Å².